The molecule has 1 amide bonds. The molecule has 2 N–H and O–H groups in total. The highest BCUT2D eigenvalue weighted by atomic mass is 16.6. The summed E-state index contributed by atoms with van der Waals surface area (Å²) in [4.78, 5) is 14.0. The molecule has 1 saturated carbocycles. The Morgan fingerprint density at radius 3 is 2.33 bits per heavy atom. The van der Waals surface area contributed by atoms with E-state index in [4.69, 9.17) is 10.5 Å². The van der Waals surface area contributed by atoms with Crippen LogP contribution in [0.25, 0.3) is 0 Å². The van der Waals surface area contributed by atoms with E-state index in [-0.39, 0.29) is 11.5 Å². The number of carbonyl (C=O) groups is 1. The normalized spacial score (nSPS) is 31.0. The van der Waals surface area contributed by atoms with Crippen LogP contribution in [0.4, 0.5) is 4.79 Å². The van der Waals surface area contributed by atoms with Crippen molar-refractivity contribution >= 4 is 6.09 Å². The van der Waals surface area contributed by atoms with Crippen LogP contribution in [0.15, 0.2) is 30.3 Å². The van der Waals surface area contributed by atoms with Gasteiger partial charge in [0.25, 0.3) is 0 Å². The smallest absolute Gasteiger partial charge is 0.410 e. The van der Waals surface area contributed by atoms with Gasteiger partial charge in [-0.3, -0.25) is 0 Å². The highest BCUT2D eigenvalue weighted by Crippen LogP contribution is 2.62. The molecule has 2 fully saturated rings. The van der Waals surface area contributed by atoms with E-state index in [0.29, 0.717) is 18.4 Å². The van der Waals surface area contributed by atoms with E-state index in [2.05, 4.69) is 24.3 Å². The van der Waals surface area contributed by atoms with Gasteiger partial charge < -0.3 is 15.4 Å². The average molecular weight is 288 g/mol. The Labute approximate surface area is 126 Å². The molecular formula is C17H24N2O2. The van der Waals surface area contributed by atoms with Crippen molar-refractivity contribution in [1.29, 1.82) is 0 Å². The van der Waals surface area contributed by atoms with E-state index in [1.165, 1.54) is 5.56 Å². The second kappa shape index (κ2) is 4.73. The minimum atomic E-state index is -0.436. The van der Waals surface area contributed by atoms with Crippen molar-refractivity contribution in [2.75, 3.05) is 19.6 Å². The van der Waals surface area contributed by atoms with Gasteiger partial charge in [0.1, 0.15) is 5.60 Å². The van der Waals surface area contributed by atoms with Crippen LogP contribution in [0.3, 0.4) is 0 Å². The van der Waals surface area contributed by atoms with Crippen molar-refractivity contribution in [3.8, 4) is 0 Å². The number of fused-ring (bicyclic) bond motifs is 1. The second-order valence-electron chi connectivity index (χ2n) is 7.21. The van der Waals surface area contributed by atoms with Crippen LogP contribution in [-0.4, -0.2) is 36.2 Å². The highest BCUT2D eigenvalue weighted by Gasteiger charge is 2.68. The van der Waals surface area contributed by atoms with Crippen LogP contribution in [0.1, 0.15) is 26.3 Å². The fourth-order valence-corrected chi connectivity index (χ4v) is 3.81. The predicted molar refractivity (Wildman–Crippen MR) is 82.0 cm³/mol. The molecule has 0 bridgehead atoms. The summed E-state index contributed by atoms with van der Waals surface area (Å²) >= 11 is 0. The van der Waals surface area contributed by atoms with Crippen molar-refractivity contribution in [1.82, 2.24) is 4.90 Å². The number of hydrogen-bond acceptors (Lipinski definition) is 3. The van der Waals surface area contributed by atoms with Gasteiger partial charge in [-0.1, -0.05) is 30.3 Å². The summed E-state index contributed by atoms with van der Waals surface area (Å²) in [5, 5.41) is 0. The summed E-state index contributed by atoms with van der Waals surface area (Å²) in [6.07, 6.45) is -0.200. The van der Waals surface area contributed by atoms with Gasteiger partial charge in [0, 0.05) is 25.0 Å². The molecule has 2 unspecified atom stereocenters. The van der Waals surface area contributed by atoms with E-state index in [1.807, 2.05) is 31.7 Å². The molecule has 1 saturated heterocycles. The number of amides is 1. The summed E-state index contributed by atoms with van der Waals surface area (Å²) in [5.74, 6) is 0.940. The van der Waals surface area contributed by atoms with Crippen molar-refractivity contribution < 1.29 is 9.53 Å². The maximum Gasteiger partial charge on any atom is 0.410 e. The molecule has 114 valence electrons. The lowest BCUT2D eigenvalue weighted by Crippen LogP contribution is -2.40. The minimum absolute atomic E-state index is 0.0692. The van der Waals surface area contributed by atoms with E-state index < -0.39 is 5.60 Å². The number of hydrogen-bond donors (Lipinski definition) is 1. The molecule has 2 aliphatic rings. The first-order chi connectivity index (χ1) is 9.88. The Kier molecular flexibility index (Phi) is 3.24. The van der Waals surface area contributed by atoms with Crippen LogP contribution in [0.5, 0.6) is 0 Å². The van der Waals surface area contributed by atoms with Crippen LogP contribution >= 0.6 is 0 Å². The molecule has 1 aliphatic carbocycles. The lowest BCUT2D eigenvalue weighted by Gasteiger charge is -2.29. The predicted octanol–water partition coefficient (Wildman–Crippen LogP) is 2.38. The third-order valence-corrected chi connectivity index (χ3v) is 4.83. The quantitative estimate of drug-likeness (QED) is 0.909. The molecule has 4 nitrogen and oxygen atoms in total. The zero-order valence-corrected chi connectivity index (χ0v) is 13.0. The second-order valence-corrected chi connectivity index (χ2v) is 7.21. The molecule has 1 aromatic carbocycles. The van der Waals surface area contributed by atoms with Crippen molar-refractivity contribution in [2.45, 2.75) is 31.8 Å². The molecule has 0 spiro atoms. The minimum Gasteiger partial charge on any atom is -0.444 e. The largest absolute Gasteiger partial charge is 0.444 e. The van der Waals surface area contributed by atoms with Crippen LogP contribution in [0, 0.1) is 11.8 Å². The van der Waals surface area contributed by atoms with Gasteiger partial charge in [-0.05, 0) is 38.2 Å². The van der Waals surface area contributed by atoms with Gasteiger partial charge in [0.2, 0.25) is 0 Å². The highest BCUT2D eigenvalue weighted by molar-refractivity contribution is 5.69. The first-order valence-electron chi connectivity index (χ1n) is 7.62. The molecule has 4 heteroatoms. The van der Waals surface area contributed by atoms with Crippen LogP contribution < -0.4 is 5.73 Å². The lowest BCUT2D eigenvalue weighted by atomic mass is 9.90. The van der Waals surface area contributed by atoms with Crippen LogP contribution in [-0.2, 0) is 10.2 Å². The molecule has 21 heavy (non-hydrogen) atoms. The molecule has 0 radical (unpaired) electrons. The standard InChI is InChI=1S/C17H24N2O2/c1-16(2,3)21-15(20)19-9-13-14(10-19)17(13,11-18)12-7-5-4-6-8-12/h4-8,13-14H,9-11,18H2,1-3H3. The summed E-state index contributed by atoms with van der Waals surface area (Å²) in [6, 6.07) is 10.5. The third kappa shape index (κ3) is 2.31. The molecule has 1 aromatic rings. The number of nitrogens with two attached hydrogens (primary N) is 1. The average Bonchev–Trinajstić information content (AvgIpc) is 2.80. The van der Waals surface area contributed by atoms with Gasteiger partial charge in [-0.25, -0.2) is 4.79 Å². The van der Waals surface area contributed by atoms with E-state index >= 15 is 0 Å². The molecule has 0 aromatic heterocycles. The van der Waals surface area contributed by atoms with E-state index in [9.17, 15) is 4.79 Å². The number of piperidine rings is 1. The van der Waals surface area contributed by atoms with Crippen LogP contribution in [0.2, 0.25) is 0 Å². The fourth-order valence-electron chi connectivity index (χ4n) is 3.81. The Hall–Kier alpha value is -1.55. The molecule has 2 atom stereocenters. The zero-order valence-electron chi connectivity index (χ0n) is 13.0. The fraction of sp³-hybridized carbons (Fsp3) is 0.588. The van der Waals surface area contributed by atoms with Gasteiger partial charge in [0.05, 0.1) is 0 Å². The number of benzene rings is 1. The summed E-state index contributed by atoms with van der Waals surface area (Å²) < 4.78 is 5.45. The Morgan fingerprint density at radius 2 is 1.86 bits per heavy atom. The topological polar surface area (TPSA) is 55.6 Å². The number of ether oxygens (including phenoxy) is 1. The van der Waals surface area contributed by atoms with Gasteiger partial charge in [-0.2, -0.15) is 0 Å². The maximum absolute atomic E-state index is 12.1. The maximum atomic E-state index is 12.1. The Balaban J connectivity index is 1.69. The summed E-state index contributed by atoms with van der Waals surface area (Å²) in [6.45, 7) is 7.85. The summed E-state index contributed by atoms with van der Waals surface area (Å²) in [7, 11) is 0. The van der Waals surface area contributed by atoms with Crippen molar-refractivity contribution in [3.63, 3.8) is 0 Å². The van der Waals surface area contributed by atoms with E-state index in [1.54, 1.807) is 0 Å². The van der Waals surface area contributed by atoms with Crippen molar-refractivity contribution in [3.05, 3.63) is 35.9 Å². The van der Waals surface area contributed by atoms with E-state index in [0.717, 1.165) is 13.1 Å². The summed E-state index contributed by atoms with van der Waals surface area (Å²) in [5.41, 5.74) is 7.02. The Morgan fingerprint density at radius 1 is 1.29 bits per heavy atom. The number of rotatable bonds is 2. The molecule has 3 rings (SSSR count). The SMILES string of the molecule is CC(C)(C)OC(=O)N1CC2C(C1)C2(CN)c1ccccc1. The van der Waals surface area contributed by atoms with Gasteiger partial charge >= 0.3 is 6.09 Å². The molecule has 1 heterocycles. The van der Waals surface area contributed by atoms with Crippen molar-refractivity contribution in [2.24, 2.45) is 17.6 Å². The first kappa shape index (κ1) is 14.4. The number of nitrogens with zero attached hydrogens (tertiary/aromatic N) is 1. The molecule has 1 aliphatic heterocycles. The lowest BCUT2D eigenvalue weighted by molar-refractivity contribution is 0.0262. The number of likely N-dealkylation sites (tertiary alicyclic amines) is 1. The monoisotopic (exact) mass is 288 g/mol. The first-order valence-corrected chi connectivity index (χ1v) is 7.62. The van der Waals surface area contributed by atoms with Gasteiger partial charge in [-0.15, -0.1) is 0 Å². The number of carbonyl (C=O) groups excluding carboxylic acids is 1. The zero-order chi connectivity index (χ0) is 15.3. The third-order valence-electron chi connectivity index (χ3n) is 4.83. The molecular weight excluding hydrogens is 264 g/mol. The van der Waals surface area contributed by atoms with Gasteiger partial charge in [0.15, 0.2) is 0 Å². The Bertz CT molecular complexity index is 523.